The second kappa shape index (κ2) is 10.1. The zero-order valence-corrected chi connectivity index (χ0v) is 17.7. The molecule has 0 aliphatic carbocycles. The van der Waals surface area contributed by atoms with Gasteiger partial charge in [-0.2, -0.15) is 0 Å². The van der Waals surface area contributed by atoms with Crippen molar-refractivity contribution in [1.82, 2.24) is 0 Å². The van der Waals surface area contributed by atoms with Crippen molar-refractivity contribution >= 4 is 27.3 Å². The fourth-order valence-corrected chi connectivity index (χ4v) is 4.20. The van der Waals surface area contributed by atoms with Crippen molar-refractivity contribution in [2.24, 2.45) is 0 Å². The standard InChI is InChI=1S/C23H20F2N2O4S/c1-2-15-31-21-11-7-19(8-12-21)26-23(28)16-27(20-9-3-17(24)4-10-20)32(29,30)22-13-5-18(25)6-14-22/h2-14H,1,15-16H2,(H,26,28). The number of carbonyl (C=O) groups excluding carboxylic acids is 1. The summed E-state index contributed by atoms with van der Waals surface area (Å²) in [5.74, 6) is -1.21. The number of anilines is 2. The molecule has 0 spiro atoms. The molecule has 0 aromatic heterocycles. The molecular formula is C23H20F2N2O4S. The molecule has 3 aromatic carbocycles. The maximum Gasteiger partial charge on any atom is 0.264 e. The number of amides is 1. The van der Waals surface area contributed by atoms with Crippen LogP contribution in [0.25, 0.3) is 0 Å². The first-order chi connectivity index (χ1) is 15.3. The van der Waals surface area contributed by atoms with Crippen molar-refractivity contribution < 1.29 is 26.7 Å². The number of benzene rings is 3. The lowest BCUT2D eigenvalue weighted by molar-refractivity contribution is -0.114. The summed E-state index contributed by atoms with van der Waals surface area (Å²) in [5.41, 5.74) is 0.512. The maximum absolute atomic E-state index is 13.4. The molecule has 0 fully saturated rings. The van der Waals surface area contributed by atoms with Gasteiger partial charge >= 0.3 is 0 Å². The van der Waals surface area contributed by atoms with Gasteiger partial charge in [0.2, 0.25) is 5.91 Å². The van der Waals surface area contributed by atoms with E-state index in [4.69, 9.17) is 4.74 Å². The fourth-order valence-electron chi connectivity index (χ4n) is 2.78. The highest BCUT2D eigenvalue weighted by atomic mass is 32.2. The van der Waals surface area contributed by atoms with Gasteiger partial charge in [0.05, 0.1) is 10.6 Å². The highest BCUT2D eigenvalue weighted by molar-refractivity contribution is 7.92. The Kier molecular flexibility index (Phi) is 7.21. The number of nitrogens with one attached hydrogen (secondary N) is 1. The highest BCUT2D eigenvalue weighted by Gasteiger charge is 2.27. The Hall–Kier alpha value is -3.72. The summed E-state index contributed by atoms with van der Waals surface area (Å²) >= 11 is 0. The Morgan fingerprint density at radius 3 is 2.06 bits per heavy atom. The molecule has 166 valence electrons. The Labute approximate surface area is 184 Å². The molecule has 0 aliphatic heterocycles. The van der Waals surface area contributed by atoms with Crippen LogP contribution in [0.3, 0.4) is 0 Å². The lowest BCUT2D eigenvalue weighted by Gasteiger charge is -2.24. The molecule has 6 nitrogen and oxygen atoms in total. The van der Waals surface area contributed by atoms with Crippen LogP contribution < -0.4 is 14.4 Å². The third-order valence-electron chi connectivity index (χ3n) is 4.31. The molecule has 1 N–H and O–H groups in total. The summed E-state index contributed by atoms with van der Waals surface area (Å²) in [4.78, 5) is 12.4. The minimum Gasteiger partial charge on any atom is -0.490 e. The van der Waals surface area contributed by atoms with Gasteiger partial charge in [0.25, 0.3) is 10.0 Å². The predicted octanol–water partition coefficient (Wildman–Crippen LogP) is 4.36. The van der Waals surface area contributed by atoms with Crippen LogP contribution in [-0.4, -0.2) is 27.5 Å². The molecule has 0 atom stereocenters. The van der Waals surface area contributed by atoms with Gasteiger partial charge in [-0.25, -0.2) is 17.2 Å². The second-order valence-corrected chi connectivity index (χ2v) is 8.48. The average Bonchev–Trinajstić information content (AvgIpc) is 2.78. The number of sulfonamides is 1. The zero-order valence-electron chi connectivity index (χ0n) is 16.9. The Morgan fingerprint density at radius 2 is 1.50 bits per heavy atom. The van der Waals surface area contributed by atoms with E-state index in [1.165, 1.54) is 12.1 Å². The molecular weight excluding hydrogens is 438 g/mol. The summed E-state index contributed by atoms with van der Waals surface area (Å²) in [7, 11) is -4.23. The van der Waals surface area contributed by atoms with Gasteiger partial charge in [-0.3, -0.25) is 9.10 Å². The van der Waals surface area contributed by atoms with Gasteiger partial charge in [0.1, 0.15) is 30.5 Å². The molecule has 0 bridgehead atoms. The van der Waals surface area contributed by atoms with Crippen LogP contribution in [0.5, 0.6) is 5.75 Å². The summed E-state index contributed by atoms with van der Waals surface area (Å²) in [6.07, 6.45) is 1.60. The molecule has 32 heavy (non-hydrogen) atoms. The average molecular weight is 458 g/mol. The molecule has 0 heterocycles. The largest absolute Gasteiger partial charge is 0.490 e. The number of halogens is 2. The van der Waals surface area contributed by atoms with E-state index < -0.39 is 34.1 Å². The van der Waals surface area contributed by atoms with E-state index in [9.17, 15) is 22.0 Å². The minimum absolute atomic E-state index is 0.0825. The lowest BCUT2D eigenvalue weighted by atomic mass is 10.3. The van der Waals surface area contributed by atoms with Crippen molar-refractivity contribution in [3.63, 3.8) is 0 Å². The van der Waals surface area contributed by atoms with E-state index in [1.54, 1.807) is 30.3 Å². The van der Waals surface area contributed by atoms with Crippen molar-refractivity contribution in [2.75, 3.05) is 22.8 Å². The number of rotatable bonds is 9. The number of hydrogen-bond donors (Lipinski definition) is 1. The first kappa shape index (κ1) is 23.0. The Morgan fingerprint density at radius 1 is 0.938 bits per heavy atom. The van der Waals surface area contributed by atoms with Gasteiger partial charge in [-0.15, -0.1) is 0 Å². The summed E-state index contributed by atoms with van der Waals surface area (Å²) in [6, 6.07) is 15.4. The van der Waals surface area contributed by atoms with Crippen LogP contribution in [0.1, 0.15) is 0 Å². The molecule has 0 saturated heterocycles. The molecule has 3 rings (SSSR count). The first-order valence-electron chi connectivity index (χ1n) is 9.47. The van der Waals surface area contributed by atoms with Gasteiger partial charge in [-0.05, 0) is 72.8 Å². The minimum atomic E-state index is -4.23. The number of ether oxygens (including phenoxy) is 1. The van der Waals surface area contributed by atoms with E-state index in [0.29, 0.717) is 18.0 Å². The molecule has 0 radical (unpaired) electrons. The van der Waals surface area contributed by atoms with Gasteiger partial charge in [0.15, 0.2) is 0 Å². The van der Waals surface area contributed by atoms with E-state index in [-0.39, 0.29) is 10.6 Å². The molecule has 0 saturated carbocycles. The monoisotopic (exact) mass is 458 g/mol. The number of nitrogens with zero attached hydrogens (tertiary/aromatic N) is 1. The van der Waals surface area contributed by atoms with Crippen LogP contribution in [0, 0.1) is 11.6 Å². The van der Waals surface area contributed by atoms with Crippen LogP contribution in [0.15, 0.2) is 90.3 Å². The van der Waals surface area contributed by atoms with Crippen molar-refractivity contribution in [3.05, 3.63) is 97.1 Å². The first-order valence-corrected chi connectivity index (χ1v) is 10.9. The Bertz CT molecular complexity index is 1180. The summed E-state index contributed by atoms with van der Waals surface area (Å²) in [5, 5.41) is 2.61. The lowest BCUT2D eigenvalue weighted by Crippen LogP contribution is -2.38. The van der Waals surface area contributed by atoms with Gasteiger partial charge in [0, 0.05) is 5.69 Å². The molecule has 3 aromatic rings. The molecule has 0 aliphatic rings. The highest BCUT2D eigenvalue weighted by Crippen LogP contribution is 2.24. The van der Waals surface area contributed by atoms with Crippen LogP contribution >= 0.6 is 0 Å². The van der Waals surface area contributed by atoms with Crippen molar-refractivity contribution in [2.45, 2.75) is 4.90 Å². The fraction of sp³-hybridized carbons (Fsp3) is 0.0870. The maximum atomic E-state index is 13.4. The molecule has 1 amide bonds. The predicted molar refractivity (Wildman–Crippen MR) is 118 cm³/mol. The third-order valence-corrected chi connectivity index (χ3v) is 6.10. The number of carbonyl (C=O) groups is 1. The topological polar surface area (TPSA) is 75.7 Å². The second-order valence-electron chi connectivity index (χ2n) is 6.61. The third kappa shape index (κ3) is 5.70. The normalized spacial score (nSPS) is 10.9. The van der Waals surface area contributed by atoms with Crippen molar-refractivity contribution in [3.8, 4) is 5.75 Å². The van der Waals surface area contributed by atoms with Gasteiger partial charge < -0.3 is 10.1 Å². The van der Waals surface area contributed by atoms with E-state index in [2.05, 4.69) is 11.9 Å². The van der Waals surface area contributed by atoms with Crippen LogP contribution in [0.2, 0.25) is 0 Å². The number of hydrogen-bond acceptors (Lipinski definition) is 4. The summed E-state index contributed by atoms with van der Waals surface area (Å²) in [6.45, 7) is 3.31. The quantitative estimate of drug-likeness (QED) is 0.484. The van der Waals surface area contributed by atoms with Crippen molar-refractivity contribution in [1.29, 1.82) is 0 Å². The SMILES string of the molecule is C=CCOc1ccc(NC(=O)CN(c2ccc(F)cc2)S(=O)(=O)c2ccc(F)cc2)cc1. The smallest absolute Gasteiger partial charge is 0.264 e. The molecule has 9 heteroatoms. The van der Waals surface area contributed by atoms with E-state index in [1.807, 2.05) is 0 Å². The van der Waals surface area contributed by atoms with E-state index >= 15 is 0 Å². The zero-order chi connectivity index (χ0) is 23.1. The van der Waals surface area contributed by atoms with Gasteiger partial charge in [-0.1, -0.05) is 12.7 Å². The summed E-state index contributed by atoms with van der Waals surface area (Å²) < 4.78 is 59.2. The Balaban J connectivity index is 1.84. The molecule has 0 unspecified atom stereocenters. The van der Waals surface area contributed by atoms with E-state index in [0.717, 1.165) is 40.7 Å². The van der Waals surface area contributed by atoms with Crippen LogP contribution in [0.4, 0.5) is 20.2 Å². The van der Waals surface area contributed by atoms with Crippen LogP contribution in [-0.2, 0) is 14.8 Å².